The highest BCUT2D eigenvalue weighted by molar-refractivity contribution is 9.25. The lowest BCUT2D eigenvalue weighted by molar-refractivity contribution is -0.125. The summed E-state index contributed by atoms with van der Waals surface area (Å²) in [4.78, 5) is 24.7. The summed E-state index contributed by atoms with van der Waals surface area (Å²) in [7, 11) is 0. The smallest absolute Gasteiger partial charge is 0.255 e. The van der Waals surface area contributed by atoms with Gasteiger partial charge in [-0.05, 0) is 56.5 Å². The topological polar surface area (TPSA) is 70.6 Å². The first kappa shape index (κ1) is 20.7. The Morgan fingerprint density at radius 1 is 1.07 bits per heavy atom. The quantitative estimate of drug-likeness (QED) is 0.341. The van der Waals surface area contributed by atoms with Crippen molar-refractivity contribution in [3.05, 3.63) is 65.2 Å². The maximum absolute atomic E-state index is 12.4. The minimum atomic E-state index is -0.513. The van der Waals surface area contributed by atoms with Crippen LogP contribution in [0.4, 0.5) is 5.69 Å². The lowest BCUT2D eigenvalue weighted by atomic mass is 10.1. The van der Waals surface area contributed by atoms with Gasteiger partial charge in [-0.25, -0.2) is 5.43 Å². The van der Waals surface area contributed by atoms with Gasteiger partial charge in [0.15, 0.2) is 0 Å². The Morgan fingerprint density at radius 2 is 1.68 bits per heavy atom. The van der Waals surface area contributed by atoms with Crippen LogP contribution in [0.15, 0.2) is 53.6 Å². The van der Waals surface area contributed by atoms with Crippen LogP contribution in [-0.4, -0.2) is 20.8 Å². The molecule has 146 valence electrons. The van der Waals surface area contributed by atoms with E-state index in [1.54, 1.807) is 6.07 Å². The number of anilines is 1. The minimum absolute atomic E-state index is 0.136. The van der Waals surface area contributed by atoms with Crippen LogP contribution in [0.1, 0.15) is 41.8 Å². The fraction of sp³-hybridized carbons (Fsp3) is 0.286. The molecule has 2 N–H and O–H groups in total. The van der Waals surface area contributed by atoms with Gasteiger partial charge in [-0.15, -0.1) is 0 Å². The van der Waals surface area contributed by atoms with Gasteiger partial charge in [0.05, 0.1) is 14.4 Å². The summed E-state index contributed by atoms with van der Waals surface area (Å²) in [6, 6.07) is 14.8. The largest absolute Gasteiger partial charge is 0.322 e. The van der Waals surface area contributed by atoms with Crippen molar-refractivity contribution in [2.24, 2.45) is 10.5 Å². The number of hydrogen-bond acceptors (Lipinski definition) is 3. The molecule has 1 aliphatic carbocycles. The number of hydrazone groups is 1. The van der Waals surface area contributed by atoms with Crippen molar-refractivity contribution in [3.63, 3.8) is 0 Å². The highest BCUT2D eigenvalue weighted by atomic mass is 79.9. The Hall–Kier alpha value is -1.99. The highest BCUT2D eigenvalue weighted by Crippen LogP contribution is 2.66. The van der Waals surface area contributed by atoms with Crippen molar-refractivity contribution < 1.29 is 9.59 Å². The summed E-state index contributed by atoms with van der Waals surface area (Å²) in [5.41, 5.74) is 5.94. The molecule has 7 heteroatoms. The van der Waals surface area contributed by atoms with E-state index in [1.807, 2.05) is 63.2 Å². The molecule has 1 fully saturated rings. The van der Waals surface area contributed by atoms with E-state index in [-0.39, 0.29) is 15.0 Å². The van der Waals surface area contributed by atoms with Crippen LogP contribution in [0.25, 0.3) is 0 Å². The van der Waals surface area contributed by atoms with Crippen LogP contribution in [0, 0.1) is 12.3 Å². The van der Waals surface area contributed by atoms with Gasteiger partial charge in [-0.2, -0.15) is 5.10 Å². The first-order chi connectivity index (χ1) is 13.1. The van der Waals surface area contributed by atoms with Gasteiger partial charge in [0, 0.05) is 11.3 Å². The molecule has 0 bridgehead atoms. The number of carbonyl (C=O) groups is 2. The third kappa shape index (κ3) is 4.20. The first-order valence-electron chi connectivity index (χ1n) is 8.84. The van der Waals surface area contributed by atoms with Gasteiger partial charge in [0.2, 0.25) is 5.91 Å². The van der Waals surface area contributed by atoms with Crippen molar-refractivity contribution in [1.29, 1.82) is 0 Å². The van der Waals surface area contributed by atoms with Crippen LogP contribution in [0.2, 0.25) is 0 Å². The molecule has 1 unspecified atom stereocenters. The van der Waals surface area contributed by atoms with Crippen LogP contribution in [0.5, 0.6) is 0 Å². The van der Waals surface area contributed by atoms with Crippen LogP contribution >= 0.6 is 31.9 Å². The average Bonchev–Trinajstić information content (AvgIpc) is 3.19. The van der Waals surface area contributed by atoms with Crippen LogP contribution < -0.4 is 10.7 Å². The van der Waals surface area contributed by atoms with Crippen LogP contribution in [-0.2, 0) is 4.79 Å². The molecule has 28 heavy (non-hydrogen) atoms. The molecule has 2 amide bonds. The van der Waals surface area contributed by atoms with E-state index in [0.717, 1.165) is 11.1 Å². The number of nitrogens with one attached hydrogen (secondary N) is 2. The molecule has 0 aromatic heterocycles. The van der Waals surface area contributed by atoms with E-state index in [9.17, 15) is 9.59 Å². The summed E-state index contributed by atoms with van der Waals surface area (Å²) in [5, 5.41) is 7.10. The number of rotatable bonds is 5. The highest BCUT2D eigenvalue weighted by Gasteiger charge is 2.66. The number of hydrogen-bond donors (Lipinski definition) is 2. The van der Waals surface area contributed by atoms with E-state index < -0.39 is 5.41 Å². The summed E-state index contributed by atoms with van der Waals surface area (Å²) in [6.07, 6.45) is 0.704. The Labute approximate surface area is 181 Å². The van der Waals surface area contributed by atoms with Gasteiger partial charge in [0.25, 0.3) is 5.91 Å². The molecule has 0 spiro atoms. The summed E-state index contributed by atoms with van der Waals surface area (Å²) in [6.45, 7) is 5.61. The van der Waals surface area contributed by atoms with Gasteiger partial charge in [0.1, 0.15) is 0 Å². The summed E-state index contributed by atoms with van der Waals surface area (Å²) < 4.78 is -0.350. The molecule has 1 aliphatic rings. The molecule has 1 atom stereocenters. The van der Waals surface area contributed by atoms with Crippen molar-refractivity contribution in [2.75, 3.05) is 5.32 Å². The van der Waals surface area contributed by atoms with E-state index in [0.29, 0.717) is 23.4 Å². The zero-order chi connectivity index (χ0) is 20.5. The maximum atomic E-state index is 12.4. The number of aryl methyl sites for hydroxylation is 1. The van der Waals surface area contributed by atoms with Crippen molar-refractivity contribution in [3.8, 4) is 0 Å². The normalized spacial score (nSPS) is 20.4. The number of alkyl halides is 2. The summed E-state index contributed by atoms with van der Waals surface area (Å²) >= 11 is 6.97. The van der Waals surface area contributed by atoms with E-state index in [2.05, 4.69) is 47.7 Å². The second-order valence-electron chi connectivity index (χ2n) is 7.20. The van der Waals surface area contributed by atoms with Gasteiger partial charge >= 0.3 is 0 Å². The molecule has 2 aromatic rings. The predicted octanol–water partition coefficient (Wildman–Crippen LogP) is 4.98. The van der Waals surface area contributed by atoms with Gasteiger partial charge < -0.3 is 5.32 Å². The zero-order valence-electron chi connectivity index (χ0n) is 15.8. The van der Waals surface area contributed by atoms with E-state index in [1.165, 1.54) is 0 Å². The number of benzene rings is 2. The zero-order valence-corrected chi connectivity index (χ0v) is 19.0. The molecule has 2 aromatic carbocycles. The van der Waals surface area contributed by atoms with Gasteiger partial charge in [-0.1, -0.05) is 62.2 Å². The minimum Gasteiger partial charge on any atom is -0.322 e. The molecule has 3 rings (SSSR count). The second kappa shape index (κ2) is 7.79. The van der Waals surface area contributed by atoms with E-state index >= 15 is 0 Å². The standard InChI is InChI=1S/C21H21Br2N3O2/c1-13-6-4-5-7-17(13)18(27)24-16-10-8-15(9-11-16)14(2)25-26-19(28)20(3)12-21(20,22)23/h4-11H,12H2,1-3H3,(H,24,27)(H,26,28)/b25-14-. The van der Waals surface area contributed by atoms with E-state index in [4.69, 9.17) is 0 Å². The third-order valence-electron chi connectivity index (χ3n) is 5.03. The molecule has 0 aliphatic heterocycles. The molecule has 1 saturated carbocycles. The molecule has 0 radical (unpaired) electrons. The van der Waals surface area contributed by atoms with Gasteiger partial charge in [-0.3, -0.25) is 9.59 Å². The Morgan fingerprint density at radius 3 is 2.25 bits per heavy atom. The Bertz CT molecular complexity index is 954. The number of amides is 2. The molecular formula is C21H21Br2N3O2. The fourth-order valence-electron chi connectivity index (χ4n) is 2.79. The third-order valence-corrected chi connectivity index (χ3v) is 7.35. The molecule has 0 heterocycles. The van der Waals surface area contributed by atoms with Crippen LogP contribution in [0.3, 0.4) is 0 Å². The Balaban J connectivity index is 1.63. The lowest BCUT2D eigenvalue weighted by Crippen LogP contribution is -2.30. The average molecular weight is 507 g/mol. The molecule has 0 saturated heterocycles. The second-order valence-corrected chi connectivity index (χ2v) is 11.0. The van der Waals surface area contributed by atoms with Crippen molar-refractivity contribution in [2.45, 2.75) is 30.4 Å². The molecular weight excluding hydrogens is 486 g/mol. The Kier molecular flexibility index (Phi) is 5.77. The number of nitrogens with zero attached hydrogens (tertiary/aromatic N) is 1. The maximum Gasteiger partial charge on any atom is 0.255 e. The number of halogens is 2. The molecule has 5 nitrogen and oxygen atoms in total. The number of carbonyl (C=O) groups excluding carboxylic acids is 2. The lowest BCUT2D eigenvalue weighted by Gasteiger charge is -2.11. The monoisotopic (exact) mass is 505 g/mol. The van der Waals surface area contributed by atoms with Crippen molar-refractivity contribution >= 4 is 55.1 Å². The first-order valence-corrected chi connectivity index (χ1v) is 10.4. The SMILES string of the molecule is C/C(=N/NC(=O)C1(C)CC1(Br)Br)c1ccc(NC(=O)c2ccccc2C)cc1. The predicted molar refractivity (Wildman–Crippen MR) is 119 cm³/mol. The van der Waals surface area contributed by atoms with Crippen molar-refractivity contribution in [1.82, 2.24) is 5.43 Å². The fourth-order valence-corrected chi connectivity index (χ4v) is 4.27. The summed E-state index contributed by atoms with van der Waals surface area (Å²) in [5.74, 6) is -0.281.